The summed E-state index contributed by atoms with van der Waals surface area (Å²) in [4.78, 5) is 0. The molecule has 220 valence electrons. The number of hydrazine groups is 2. The van der Waals surface area contributed by atoms with Crippen LogP contribution >= 0.6 is 31.9 Å². The molecule has 0 aliphatic carbocycles. The van der Waals surface area contributed by atoms with Crippen LogP contribution in [0, 0.1) is 0 Å². The molecule has 0 amide bonds. The Morgan fingerprint density at radius 1 is 0.512 bits per heavy atom. The predicted molar refractivity (Wildman–Crippen MR) is 184 cm³/mol. The summed E-state index contributed by atoms with van der Waals surface area (Å²) in [5.74, 6) is 1.65. The standard InChI is InChI=1S/C23H20N2O.C11H10Br2N2O.CH4/c1-17-12-22(25-24-17)16-26-23-14-20(18-8-4-2-5-9-18)13-21(15-23)19-10-6-3-7-11-19;1-7-2-10(15-14-7)6-16-11-4-8(12)3-9(13)5-11;/h2-15,24-25H,1,16H2;2-5,14-15H,1,6H2;1H4. The van der Waals surface area contributed by atoms with Crippen molar-refractivity contribution >= 4 is 31.9 Å². The van der Waals surface area contributed by atoms with Crippen molar-refractivity contribution in [3.05, 3.63) is 154 Å². The van der Waals surface area contributed by atoms with Crippen molar-refractivity contribution in [1.29, 1.82) is 0 Å². The molecule has 43 heavy (non-hydrogen) atoms. The monoisotopic (exact) mass is 700 g/mol. The lowest BCUT2D eigenvalue weighted by atomic mass is 9.98. The van der Waals surface area contributed by atoms with Gasteiger partial charge in [0.25, 0.3) is 0 Å². The summed E-state index contributed by atoms with van der Waals surface area (Å²) in [6.45, 7) is 8.57. The molecule has 2 heterocycles. The fourth-order valence-corrected chi connectivity index (χ4v) is 5.50. The van der Waals surface area contributed by atoms with Gasteiger partial charge in [0, 0.05) is 20.3 Å². The number of hydrogen-bond donors (Lipinski definition) is 4. The molecular weight excluding hydrogens is 668 g/mol. The topological polar surface area (TPSA) is 66.6 Å². The maximum atomic E-state index is 6.05. The maximum Gasteiger partial charge on any atom is 0.130 e. The molecule has 0 radical (unpaired) electrons. The van der Waals surface area contributed by atoms with Gasteiger partial charge in [-0.15, -0.1) is 0 Å². The summed E-state index contributed by atoms with van der Waals surface area (Å²) in [7, 11) is 0. The van der Waals surface area contributed by atoms with E-state index in [2.05, 4.69) is 133 Å². The first-order valence-corrected chi connectivity index (χ1v) is 14.8. The fourth-order valence-electron chi connectivity index (χ4n) is 4.25. The smallest absolute Gasteiger partial charge is 0.130 e. The van der Waals surface area contributed by atoms with Gasteiger partial charge in [-0.1, -0.05) is 113 Å². The van der Waals surface area contributed by atoms with E-state index >= 15 is 0 Å². The molecule has 2 aliphatic heterocycles. The average molecular weight is 702 g/mol. The number of allylic oxidation sites excluding steroid dienone is 2. The minimum atomic E-state index is 0. The molecule has 0 spiro atoms. The van der Waals surface area contributed by atoms with Crippen molar-refractivity contribution in [2.75, 3.05) is 13.2 Å². The number of ether oxygens (including phenoxy) is 2. The van der Waals surface area contributed by atoms with Crippen LogP contribution in [0.15, 0.2) is 154 Å². The average Bonchev–Trinajstić information content (AvgIpc) is 3.62. The van der Waals surface area contributed by atoms with E-state index in [9.17, 15) is 0 Å². The van der Waals surface area contributed by atoms with Gasteiger partial charge in [-0.3, -0.25) is 0 Å². The Morgan fingerprint density at radius 2 is 0.930 bits per heavy atom. The lowest BCUT2D eigenvalue weighted by Gasteiger charge is -2.13. The molecule has 4 N–H and O–H groups in total. The maximum absolute atomic E-state index is 6.05. The minimum absolute atomic E-state index is 0. The third-order valence-corrected chi connectivity index (χ3v) is 7.13. The number of halogens is 2. The van der Waals surface area contributed by atoms with Crippen LogP contribution in [0.3, 0.4) is 0 Å². The van der Waals surface area contributed by atoms with Gasteiger partial charge in [0.2, 0.25) is 0 Å². The van der Waals surface area contributed by atoms with E-state index < -0.39 is 0 Å². The minimum Gasteiger partial charge on any atom is -0.487 e. The summed E-state index contributed by atoms with van der Waals surface area (Å²) in [6, 6.07) is 32.9. The summed E-state index contributed by atoms with van der Waals surface area (Å²) in [5, 5.41) is 0. The Balaban J connectivity index is 0.000000215. The molecule has 0 bridgehead atoms. The van der Waals surface area contributed by atoms with Crippen molar-refractivity contribution in [2.45, 2.75) is 7.43 Å². The second kappa shape index (κ2) is 15.2. The van der Waals surface area contributed by atoms with Crippen LogP contribution in [0.5, 0.6) is 11.5 Å². The van der Waals surface area contributed by atoms with E-state index in [-0.39, 0.29) is 7.43 Å². The molecule has 0 unspecified atom stereocenters. The molecule has 6 nitrogen and oxygen atoms in total. The van der Waals surface area contributed by atoms with E-state index in [1.54, 1.807) is 0 Å². The summed E-state index contributed by atoms with van der Waals surface area (Å²) in [6.07, 6.45) is 3.85. The molecule has 0 aromatic heterocycles. The van der Waals surface area contributed by atoms with Crippen LogP contribution in [0.4, 0.5) is 0 Å². The van der Waals surface area contributed by atoms with Gasteiger partial charge in [-0.05, 0) is 70.8 Å². The fraction of sp³-hybridized carbons (Fsp3) is 0.0857. The van der Waals surface area contributed by atoms with E-state index in [1.807, 2.05) is 42.5 Å². The van der Waals surface area contributed by atoms with Gasteiger partial charge in [0.15, 0.2) is 0 Å². The zero-order valence-electron chi connectivity index (χ0n) is 22.8. The van der Waals surface area contributed by atoms with Gasteiger partial charge < -0.3 is 31.2 Å². The highest BCUT2D eigenvalue weighted by atomic mass is 79.9. The number of rotatable bonds is 8. The Morgan fingerprint density at radius 3 is 1.33 bits per heavy atom. The highest BCUT2D eigenvalue weighted by molar-refractivity contribution is 9.11. The van der Waals surface area contributed by atoms with Gasteiger partial charge in [0.1, 0.15) is 24.7 Å². The van der Waals surface area contributed by atoms with Gasteiger partial charge in [-0.25, -0.2) is 0 Å². The number of hydrogen-bond acceptors (Lipinski definition) is 6. The lowest BCUT2D eigenvalue weighted by molar-refractivity contribution is 0.342. The van der Waals surface area contributed by atoms with Crippen LogP contribution in [0.1, 0.15) is 7.43 Å². The van der Waals surface area contributed by atoms with E-state index in [0.717, 1.165) is 54.4 Å². The van der Waals surface area contributed by atoms with Crippen molar-refractivity contribution in [3.63, 3.8) is 0 Å². The Hall–Kier alpha value is -4.40. The largest absolute Gasteiger partial charge is 0.487 e. The summed E-state index contributed by atoms with van der Waals surface area (Å²) in [5.41, 5.74) is 20.1. The molecular formula is C35H34Br2N4O2. The summed E-state index contributed by atoms with van der Waals surface area (Å²) >= 11 is 6.82. The first-order chi connectivity index (χ1) is 20.4. The van der Waals surface area contributed by atoms with Crippen LogP contribution < -0.4 is 31.2 Å². The molecule has 4 aromatic carbocycles. The Kier molecular flexibility index (Phi) is 11.1. The molecule has 2 aliphatic rings. The Bertz CT molecular complexity index is 1560. The van der Waals surface area contributed by atoms with Gasteiger partial charge >= 0.3 is 0 Å². The van der Waals surface area contributed by atoms with Gasteiger partial charge in [0.05, 0.1) is 11.4 Å². The van der Waals surface area contributed by atoms with E-state index in [0.29, 0.717) is 13.2 Å². The molecule has 4 aromatic rings. The molecule has 0 saturated carbocycles. The summed E-state index contributed by atoms with van der Waals surface area (Å²) < 4.78 is 13.6. The molecule has 0 fully saturated rings. The third kappa shape index (κ3) is 9.30. The second-order valence-corrected chi connectivity index (χ2v) is 11.4. The molecule has 6 rings (SSSR count). The first kappa shape index (κ1) is 31.5. The molecule has 8 heteroatoms. The highest BCUT2D eigenvalue weighted by Crippen LogP contribution is 2.32. The number of nitrogens with one attached hydrogen (secondary N) is 4. The zero-order chi connectivity index (χ0) is 29.3. The zero-order valence-corrected chi connectivity index (χ0v) is 26.0. The quantitative estimate of drug-likeness (QED) is 0.148. The van der Waals surface area contributed by atoms with Crippen molar-refractivity contribution < 1.29 is 9.47 Å². The normalized spacial score (nSPS) is 13.1. The number of benzene rings is 4. The van der Waals surface area contributed by atoms with Crippen molar-refractivity contribution in [1.82, 2.24) is 21.7 Å². The predicted octanol–water partition coefficient (Wildman–Crippen LogP) is 8.64. The van der Waals surface area contributed by atoms with Crippen molar-refractivity contribution in [3.8, 4) is 33.8 Å². The van der Waals surface area contributed by atoms with Crippen LogP contribution in [-0.4, -0.2) is 13.2 Å². The van der Waals surface area contributed by atoms with Crippen LogP contribution in [0.25, 0.3) is 22.3 Å². The van der Waals surface area contributed by atoms with Gasteiger partial charge in [-0.2, -0.15) is 0 Å². The highest BCUT2D eigenvalue weighted by Gasteiger charge is 2.10. The van der Waals surface area contributed by atoms with Crippen molar-refractivity contribution in [2.24, 2.45) is 0 Å². The Labute approximate surface area is 270 Å². The second-order valence-electron chi connectivity index (χ2n) is 9.55. The SMILES string of the molecule is C.C=C1C=C(COc2cc(-c3ccccc3)cc(-c3ccccc3)c2)NN1.C=C1C=C(COc2cc(Br)cc(Br)c2)NN1. The van der Waals surface area contributed by atoms with E-state index in [1.165, 1.54) is 11.1 Å². The first-order valence-electron chi connectivity index (χ1n) is 13.2. The van der Waals surface area contributed by atoms with E-state index in [4.69, 9.17) is 9.47 Å². The lowest BCUT2D eigenvalue weighted by Crippen LogP contribution is -2.25. The third-order valence-electron chi connectivity index (χ3n) is 6.21. The molecule has 0 saturated heterocycles. The molecule has 0 atom stereocenters. The van der Waals surface area contributed by atoms with Crippen LogP contribution in [-0.2, 0) is 0 Å². The van der Waals surface area contributed by atoms with Crippen LogP contribution in [0.2, 0.25) is 0 Å².